The molecule has 3 rings (SSSR count). The third-order valence-electron chi connectivity index (χ3n) is 2.71. The summed E-state index contributed by atoms with van der Waals surface area (Å²) >= 11 is 0. The maximum absolute atomic E-state index is 2.22. The van der Waals surface area contributed by atoms with Crippen molar-refractivity contribution in [2.45, 2.75) is 6.42 Å². The first kappa shape index (κ1) is 11.5. The molecule has 0 saturated carbocycles. The smallest absolute Gasteiger partial charge is 0 e. The Bertz CT molecular complexity index is 422. The molecule has 0 aliphatic heterocycles. The molecule has 0 bridgehead atoms. The minimum absolute atomic E-state index is 0. The Labute approximate surface area is 92.3 Å². The maximum atomic E-state index is 2.22. The second-order valence-corrected chi connectivity index (χ2v) is 3.49. The lowest BCUT2D eigenvalue weighted by Gasteiger charge is -1.98. The molecule has 0 spiro atoms. The summed E-state index contributed by atoms with van der Waals surface area (Å²) in [5, 5.41) is 0. The van der Waals surface area contributed by atoms with E-state index in [1.807, 2.05) is 0 Å². The van der Waals surface area contributed by atoms with Crippen molar-refractivity contribution in [3.8, 4) is 11.1 Å². The third-order valence-corrected chi connectivity index (χ3v) is 2.71. The lowest BCUT2D eigenvalue weighted by Crippen LogP contribution is -1.77. The number of hydrogen-bond donors (Lipinski definition) is 0. The van der Waals surface area contributed by atoms with Gasteiger partial charge >= 0.3 is 0 Å². The molecule has 1 nitrogen and oxygen atoms in total. The number of benzene rings is 2. The van der Waals surface area contributed by atoms with E-state index < -0.39 is 0 Å². The number of nitrogens with zero attached hydrogens (tertiary/aromatic N) is 1. The quantitative estimate of drug-likeness (QED) is 0.488. The summed E-state index contributed by atoms with van der Waals surface area (Å²) in [6.07, 6.45) is 1.10. The van der Waals surface area contributed by atoms with Crippen molar-refractivity contribution in [3.05, 3.63) is 59.7 Å². The van der Waals surface area contributed by atoms with Crippen LogP contribution in [0.3, 0.4) is 0 Å². The van der Waals surface area contributed by atoms with E-state index in [4.69, 9.17) is 0 Å². The van der Waals surface area contributed by atoms with Crippen LogP contribution in [0.1, 0.15) is 11.1 Å². The zero-order valence-electron chi connectivity index (χ0n) is 8.35. The average molecular weight is 191 g/mol. The van der Waals surface area contributed by atoms with Gasteiger partial charge in [0.15, 0.2) is 0 Å². The van der Waals surface area contributed by atoms with Gasteiger partial charge in [-0.1, -0.05) is 48.5 Å². The predicted molar refractivity (Wildman–Crippen MR) is 62.6 cm³/mol. The van der Waals surface area contributed by atoms with E-state index in [9.17, 15) is 0 Å². The van der Waals surface area contributed by atoms with Crippen molar-refractivity contribution in [2.24, 2.45) is 0 Å². The van der Waals surface area contributed by atoms with Crippen LogP contribution in [-0.2, 0) is 6.42 Å². The monoisotopic (exact) mass is 191 g/mol. The van der Waals surface area contributed by atoms with Gasteiger partial charge in [0.05, 0.1) is 0 Å². The average Bonchev–Trinajstić information content (AvgIpc) is 2.56. The molecule has 0 heterocycles. The highest BCUT2D eigenvalue weighted by molar-refractivity contribution is 5.76. The summed E-state index contributed by atoms with van der Waals surface area (Å²) in [6.45, 7) is 0. The van der Waals surface area contributed by atoms with Crippen molar-refractivity contribution in [1.82, 2.24) is 6.15 Å². The van der Waals surface area contributed by atoms with Gasteiger partial charge in [0.25, 0.3) is 0 Å². The van der Waals surface area contributed by atoms with Crippen LogP contribution in [0.15, 0.2) is 48.5 Å². The van der Waals surface area contributed by atoms with Gasteiger partial charge in [0.1, 0.15) is 0 Å². The molecule has 1 aliphatic rings. The van der Waals surface area contributed by atoms with E-state index >= 15 is 0 Å². The highest BCUT2D eigenvalue weighted by Gasteiger charge is 2.15. The molecule has 15 heavy (non-hydrogen) atoms. The molecule has 0 N–H and O–H groups in total. The molecule has 0 aromatic heterocycles. The number of hydrogen-bond acceptors (Lipinski definition) is 0. The van der Waals surface area contributed by atoms with Crippen molar-refractivity contribution in [2.75, 3.05) is 0 Å². The lowest BCUT2D eigenvalue weighted by atomic mass is 10.1. The predicted octanol–water partition coefficient (Wildman–Crippen LogP) is 2.40. The van der Waals surface area contributed by atoms with Crippen LogP contribution >= 0.6 is 0 Å². The van der Waals surface area contributed by atoms with Gasteiger partial charge in [-0.25, -0.2) is 0 Å². The van der Waals surface area contributed by atoms with Crippen LogP contribution in [-0.4, -0.2) is 8.41 Å². The lowest BCUT2D eigenvalue weighted by molar-refractivity contribution is 1.26. The van der Waals surface area contributed by atoms with E-state index in [-0.39, 0.29) is 14.6 Å². The Morgan fingerprint density at radius 1 is 0.667 bits per heavy atom. The molecule has 2 heteroatoms. The van der Waals surface area contributed by atoms with Gasteiger partial charge in [0.2, 0.25) is 0 Å². The van der Waals surface area contributed by atoms with Gasteiger partial charge in [-0.2, -0.15) is 0 Å². The summed E-state index contributed by atoms with van der Waals surface area (Å²) in [5.41, 5.74) is 5.75. The van der Waals surface area contributed by atoms with Crippen LogP contribution in [0.4, 0.5) is 0 Å². The Morgan fingerprint density at radius 2 is 1.07 bits per heavy atom. The summed E-state index contributed by atoms with van der Waals surface area (Å²) < 4.78 is 0. The molecular formula is C13H10BN. The van der Waals surface area contributed by atoms with Crippen LogP contribution in [0.25, 0.3) is 11.1 Å². The maximum Gasteiger partial charge on any atom is 0 e. The fourth-order valence-electron chi connectivity index (χ4n) is 2.08. The molecule has 0 saturated heterocycles. The van der Waals surface area contributed by atoms with Crippen LogP contribution in [0.5, 0.6) is 0 Å². The molecule has 6 radical (unpaired) electrons. The topological polar surface area (TPSA) is 30.5 Å². The van der Waals surface area contributed by atoms with Gasteiger partial charge in [0, 0.05) is 14.6 Å². The molecule has 2 aromatic rings. The van der Waals surface area contributed by atoms with Gasteiger partial charge < -0.3 is 0 Å². The summed E-state index contributed by atoms with van der Waals surface area (Å²) in [7, 11) is 0. The fourth-order valence-corrected chi connectivity index (χ4v) is 2.08. The Morgan fingerprint density at radius 3 is 1.53 bits per heavy atom. The van der Waals surface area contributed by atoms with Crippen molar-refractivity contribution >= 4 is 8.41 Å². The zero-order valence-corrected chi connectivity index (χ0v) is 8.35. The molecule has 2 aromatic carbocycles. The van der Waals surface area contributed by atoms with Gasteiger partial charge in [-0.3, -0.25) is 0 Å². The minimum Gasteiger partial charge on any atom is -0.0619 e. The largest absolute Gasteiger partial charge is 0.0619 e. The van der Waals surface area contributed by atoms with E-state index in [0.29, 0.717) is 0 Å². The number of rotatable bonds is 0. The fraction of sp³-hybridized carbons (Fsp3) is 0.0769. The summed E-state index contributed by atoms with van der Waals surface area (Å²) in [4.78, 5) is 0. The molecule has 1 aliphatic carbocycles. The van der Waals surface area contributed by atoms with Gasteiger partial charge in [-0.05, 0) is 28.7 Å². The SMILES string of the molecule is [B].[N].c1ccc2c(c1)Cc1ccccc1-2. The van der Waals surface area contributed by atoms with E-state index in [1.165, 1.54) is 22.3 Å². The highest BCUT2D eigenvalue weighted by atomic mass is 14.2. The molecule has 0 unspecified atom stereocenters. The van der Waals surface area contributed by atoms with E-state index in [1.54, 1.807) is 0 Å². The summed E-state index contributed by atoms with van der Waals surface area (Å²) in [5.74, 6) is 0. The third kappa shape index (κ3) is 1.68. The van der Waals surface area contributed by atoms with E-state index in [0.717, 1.165) is 6.42 Å². The van der Waals surface area contributed by atoms with Crippen LogP contribution < -0.4 is 6.15 Å². The second-order valence-electron chi connectivity index (χ2n) is 3.49. The number of fused-ring (bicyclic) bond motifs is 3. The Kier molecular flexibility index (Phi) is 3.33. The molecule has 0 atom stereocenters. The first-order valence-electron chi connectivity index (χ1n) is 4.61. The Balaban J connectivity index is 0.000000562. The van der Waals surface area contributed by atoms with Crippen molar-refractivity contribution < 1.29 is 0 Å². The second kappa shape index (κ2) is 4.32. The highest BCUT2D eigenvalue weighted by Crippen LogP contribution is 2.35. The molecule has 0 amide bonds. The molecular weight excluding hydrogens is 181 g/mol. The summed E-state index contributed by atoms with van der Waals surface area (Å²) in [6, 6.07) is 17.3. The Hall–Kier alpha value is -1.54. The van der Waals surface area contributed by atoms with Crippen LogP contribution in [0.2, 0.25) is 0 Å². The molecule has 70 valence electrons. The van der Waals surface area contributed by atoms with Crippen molar-refractivity contribution in [3.63, 3.8) is 0 Å². The minimum atomic E-state index is 0. The van der Waals surface area contributed by atoms with Crippen molar-refractivity contribution in [1.29, 1.82) is 0 Å². The first-order valence-corrected chi connectivity index (χ1v) is 4.61. The first-order chi connectivity index (χ1) is 6.45. The molecule has 0 fully saturated rings. The standard InChI is InChI=1S/C13H10.B.N/c1-3-7-12-10(5-1)9-11-6-2-4-8-13(11)12;;/h1-8H,9H2;;. The normalized spacial score (nSPS) is 10.7. The van der Waals surface area contributed by atoms with Gasteiger partial charge in [-0.15, -0.1) is 0 Å². The zero-order chi connectivity index (χ0) is 8.67. The van der Waals surface area contributed by atoms with E-state index in [2.05, 4.69) is 48.5 Å². The van der Waals surface area contributed by atoms with Crippen LogP contribution in [0, 0.1) is 0 Å².